The monoisotopic (exact) mass is 254 g/mol. The number of terminal acetylenes is 1. The van der Waals surface area contributed by atoms with Crippen molar-refractivity contribution in [2.75, 3.05) is 0 Å². The molecule has 5 heteroatoms. The summed E-state index contributed by atoms with van der Waals surface area (Å²) in [6.45, 7) is 5.75. The Morgan fingerprint density at radius 1 is 1.33 bits per heavy atom. The maximum Gasteiger partial charge on any atom is 0.316 e. The minimum atomic E-state index is -0.925. The SMILES string of the molecule is C#CC(NC(=O)NC(CCC)CC(=O)O)C(C)C. The van der Waals surface area contributed by atoms with Crippen molar-refractivity contribution in [3.05, 3.63) is 0 Å². The van der Waals surface area contributed by atoms with Gasteiger partial charge in [0, 0.05) is 6.04 Å². The first-order chi connectivity index (χ1) is 8.40. The Labute approximate surface area is 108 Å². The molecule has 0 fully saturated rings. The summed E-state index contributed by atoms with van der Waals surface area (Å²) in [5.74, 6) is 1.69. The van der Waals surface area contributed by atoms with Crippen LogP contribution in [0.1, 0.15) is 40.0 Å². The zero-order valence-electron chi connectivity index (χ0n) is 11.2. The second-order valence-electron chi connectivity index (χ2n) is 4.59. The van der Waals surface area contributed by atoms with Gasteiger partial charge in [-0.15, -0.1) is 6.42 Å². The topological polar surface area (TPSA) is 78.4 Å². The molecule has 0 aromatic heterocycles. The van der Waals surface area contributed by atoms with Crippen molar-refractivity contribution in [3.8, 4) is 12.3 Å². The number of nitrogens with one attached hydrogen (secondary N) is 2. The molecule has 18 heavy (non-hydrogen) atoms. The van der Waals surface area contributed by atoms with E-state index in [4.69, 9.17) is 11.5 Å². The quantitative estimate of drug-likeness (QED) is 0.604. The van der Waals surface area contributed by atoms with E-state index in [0.717, 1.165) is 6.42 Å². The lowest BCUT2D eigenvalue weighted by molar-refractivity contribution is -0.137. The second kappa shape index (κ2) is 8.40. The Kier molecular flexibility index (Phi) is 7.61. The Hall–Kier alpha value is -1.70. The summed E-state index contributed by atoms with van der Waals surface area (Å²) in [4.78, 5) is 22.3. The van der Waals surface area contributed by atoms with E-state index in [-0.39, 0.29) is 24.4 Å². The van der Waals surface area contributed by atoms with Gasteiger partial charge in [-0.25, -0.2) is 4.79 Å². The van der Waals surface area contributed by atoms with E-state index in [1.165, 1.54) is 0 Å². The third-order valence-electron chi connectivity index (χ3n) is 2.53. The predicted molar refractivity (Wildman–Crippen MR) is 70.1 cm³/mol. The highest BCUT2D eigenvalue weighted by Crippen LogP contribution is 2.03. The van der Waals surface area contributed by atoms with Crippen LogP contribution >= 0.6 is 0 Å². The minimum Gasteiger partial charge on any atom is -0.481 e. The van der Waals surface area contributed by atoms with E-state index in [1.54, 1.807) is 0 Å². The number of hydrogen-bond donors (Lipinski definition) is 3. The molecule has 2 atom stereocenters. The first kappa shape index (κ1) is 16.3. The molecule has 3 N–H and O–H groups in total. The lowest BCUT2D eigenvalue weighted by Crippen LogP contribution is -2.47. The third-order valence-corrected chi connectivity index (χ3v) is 2.53. The van der Waals surface area contributed by atoms with Crippen molar-refractivity contribution < 1.29 is 14.7 Å². The Balaban J connectivity index is 4.33. The molecule has 0 aliphatic rings. The van der Waals surface area contributed by atoms with Gasteiger partial charge in [0.15, 0.2) is 0 Å². The average molecular weight is 254 g/mol. The molecule has 0 aromatic carbocycles. The van der Waals surface area contributed by atoms with E-state index in [9.17, 15) is 9.59 Å². The average Bonchev–Trinajstić information content (AvgIpc) is 2.24. The third kappa shape index (κ3) is 6.79. The van der Waals surface area contributed by atoms with Gasteiger partial charge in [0.25, 0.3) is 0 Å². The van der Waals surface area contributed by atoms with Crippen molar-refractivity contribution in [1.29, 1.82) is 0 Å². The van der Waals surface area contributed by atoms with Crippen LogP contribution in [0.4, 0.5) is 4.79 Å². The number of urea groups is 1. The van der Waals surface area contributed by atoms with Gasteiger partial charge in [-0.2, -0.15) is 0 Å². The van der Waals surface area contributed by atoms with Crippen LogP contribution < -0.4 is 10.6 Å². The fourth-order valence-electron chi connectivity index (χ4n) is 1.55. The molecule has 0 saturated heterocycles. The number of carbonyl (C=O) groups excluding carboxylic acids is 1. The van der Waals surface area contributed by atoms with E-state index in [0.29, 0.717) is 6.42 Å². The number of carboxylic acid groups (broad SMARTS) is 1. The summed E-state index contributed by atoms with van der Waals surface area (Å²) in [7, 11) is 0. The largest absolute Gasteiger partial charge is 0.481 e. The van der Waals surface area contributed by atoms with Crippen LogP contribution in [0.2, 0.25) is 0 Å². The van der Waals surface area contributed by atoms with Gasteiger partial charge in [0.1, 0.15) is 0 Å². The van der Waals surface area contributed by atoms with Crippen LogP contribution in [0.3, 0.4) is 0 Å². The normalized spacial score (nSPS) is 13.5. The summed E-state index contributed by atoms with van der Waals surface area (Å²) in [6, 6.07) is -1.12. The van der Waals surface area contributed by atoms with Crippen LogP contribution in [0.5, 0.6) is 0 Å². The van der Waals surface area contributed by atoms with Crippen molar-refractivity contribution in [2.24, 2.45) is 5.92 Å². The highest BCUT2D eigenvalue weighted by molar-refractivity contribution is 5.76. The van der Waals surface area contributed by atoms with Crippen LogP contribution in [0.15, 0.2) is 0 Å². The lowest BCUT2D eigenvalue weighted by Gasteiger charge is -2.20. The molecule has 2 unspecified atom stereocenters. The fourth-order valence-corrected chi connectivity index (χ4v) is 1.55. The minimum absolute atomic E-state index is 0.0797. The van der Waals surface area contributed by atoms with Crippen LogP contribution in [-0.4, -0.2) is 29.2 Å². The first-order valence-electron chi connectivity index (χ1n) is 6.15. The van der Waals surface area contributed by atoms with Crippen molar-refractivity contribution in [1.82, 2.24) is 10.6 Å². The fraction of sp³-hybridized carbons (Fsp3) is 0.692. The summed E-state index contributed by atoms with van der Waals surface area (Å²) in [5, 5.41) is 14.0. The van der Waals surface area contributed by atoms with Crippen molar-refractivity contribution in [3.63, 3.8) is 0 Å². The summed E-state index contributed by atoms with van der Waals surface area (Å²) >= 11 is 0. The molecular weight excluding hydrogens is 232 g/mol. The molecule has 0 heterocycles. The van der Waals surface area contributed by atoms with Gasteiger partial charge in [0.2, 0.25) is 0 Å². The predicted octanol–water partition coefficient (Wildman–Crippen LogP) is 1.59. The molecule has 5 nitrogen and oxygen atoms in total. The number of amides is 2. The highest BCUT2D eigenvalue weighted by atomic mass is 16.4. The molecule has 0 rings (SSSR count). The number of rotatable bonds is 7. The zero-order valence-corrected chi connectivity index (χ0v) is 11.2. The number of carbonyl (C=O) groups is 2. The molecule has 2 amide bonds. The molecule has 0 radical (unpaired) electrons. The molecule has 0 aromatic rings. The van der Waals surface area contributed by atoms with Crippen LogP contribution in [0.25, 0.3) is 0 Å². The second-order valence-corrected chi connectivity index (χ2v) is 4.59. The first-order valence-corrected chi connectivity index (χ1v) is 6.15. The van der Waals surface area contributed by atoms with Gasteiger partial charge < -0.3 is 15.7 Å². The van der Waals surface area contributed by atoms with E-state index in [2.05, 4.69) is 16.6 Å². The molecular formula is C13H22N2O3. The number of aliphatic carboxylic acids is 1. The lowest BCUT2D eigenvalue weighted by atomic mass is 10.1. The Bertz CT molecular complexity index is 321. The van der Waals surface area contributed by atoms with Crippen LogP contribution in [0, 0.1) is 18.3 Å². The summed E-state index contributed by atoms with van der Waals surface area (Å²) in [5.41, 5.74) is 0. The van der Waals surface area contributed by atoms with Crippen molar-refractivity contribution >= 4 is 12.0 Å². The van der Waals surface area contributed by atoms with Gasteiger partial charge in [-0.1, -0.05) is 33.1 Å². The molecule has 0 saturated carbocycles. The maximum absolute atomic E-state index is 11.7. The molecule has 0 aliphatic carbocycles. The Morgan fingerprint density at radius 3 is 2.33 bits per heavy atom. The van der Waals surface area contributed by atoms with E-state index in [1.807, 2.05) is 20.8 Å². The van der Waals surface area contributed by atoms with Crippen molar-refractivity contribution in [2.45, 2.75) is 52.1 Å². The summed E-state index contributed by atoms with van der Waals surface area (Å²) in [6.07, 6.45) is 6.66. The van der Waals surface area contributed by atoms with E-state index < -0.39 is 12.0 Å². The van der Waals surface area contributed by atoms with Gasteiger partial charge in [-0.05, 0) is 12.3 Å². The van der Waals surface area contributed by atoms with Gasteiger partial charge in [0.05, 0.1) is 12.5 Å². The maximum atomic E-state index is 11.7. The smallest absolute Gasteiger partial charge is 0.316 e. The molecule has 0 spiro atoms. The van der Waals surface area contributed by atoms with Gasteiger partial charge >= 0.3 is 12.0 Å². The molecule has 102 valence electrons. The molecule has 0 bridgehead atoms. The Morgan fingerprint density at radius 2 is 1.94 bits per heavy atom. The highest BCUT2D eigenvalue weighted by Gasteiger charge is 2.18. The zero-order chi connectivity index (χ0) is 14.1. The number of carboxylic acids is 1. The molecule has 0 aliphatic heterocycles. The van der Waals surface area contributed by atoms with E-state index >= 15 is 0 Å². The standard InChI is InChI=1S/C13H22N2O3/c1-5-7-10(8-12(16)17)14-13(18)15-11(6-2)9(3)4/h2,9-11H,5,7-8H2,1,3-4H3,(H,16,17)(H2,14,15,18). The van der Waals surface area contributed by atoms with Crippen LogP contribution in [-0.2, 0) is 4.79 Å². The number of hydrogen-bond acceptors (Lipinski definition) is 2. The summed E-state index contributed by atoms with van der Waals surface area (Å²) < 4.78 is 0. The van der Waals surface area contributed by atoms with Gasteiger partial charge in [-0.3, -0.25) is 4.79 Å².